The molecule has 2 rings (SSSR count). The van der Waals surface area contributed by atoms with Crippen LogP contribution < -0.4 is 10.6 Å². The molecule has 1 aromatic carbocycles. The zero-order valence-electron chi connectivity index (χ0n) is 13.6. The molecule has 0 radical (unpaired) electrons. The minimum atomic E-state index is -0.299. The van der Waals surface area contributed by atoms with Crippen molar-refractivity contribution in [3.8, 4) is 0 Å². The van der Waals surface area contributed by atoms with Gasteiger partial charge in [0, 0.05) is 12.2 Å². The third-order valence-electron chi connectivity index (χ3n) is 3.28. The number of carbonyl (C=O) groups is 1. The Hall–Kier alpha value is -1.82. The number of benzene rings is 1. The maximum Gasteiger partial charge on any atom is 0.274 e. The minimum absolute atomic E-state index is 0.299. The summed E-state index contributed by atoms with van der Waals surface area (Å²) in [5, 5.41) is 6.85. The molecule has 0 fully saturated rings. The third kappa shape index (κ3) is 5.67. The molecule has 7 heteroatoms. The quantitative estimate of drug-likeness (QED) is 0.727. The fourth-order valence-electron chi connectivity index (χ4n) is 2.03. The molecule has 5 nitrogen and oxygen atoms in total. The van der Waals surface area contributed by atoms with E-state index in [1.807, 2.05) is 20.2 Å². The lowest BCUT2D eigenvalue weighted by molar-refractivity contribution is 0.102. The van der Waals surface area contributed by atoms with Crippen molar-refractivity contribution in [2.75, 3.05) is 37.8 Å². The Morgan fingerprint density at radius 3 is 2.50 bits per heavy atom. The van der Waals surface area contributed by atoms with Gasteiger partial charge in [0.15, 0.2) is 0 Å². The second-order valence-electron chi connectivity index (χ2n) is 5.60. The summed E-state index contributed by atoms with van der Waals surface area (Å²) in [4.78, 5) is 18.5. The summed E-state index contributed by atoms with van der Waals surface area (Å²) in [5.41, 5.74) is 1.79. The maximum absolute atomic E-state index is 12.2. The van der Waals surface area contributed by atoms with Gasteiger partial charge in [-0.25, -0.2) is 4.98 Å². The van der Waals surface area contributed by atoms with Crippen molar-refractivity contribution in [3.05, 3.63) is 52.3 Å². The standard InChI is InChI=1S/C17H20Cl2N4O/c1-23(2)9-3-8-20-13-5-7-16(21-11-13)17(24)22-12-4-6-14(18)15(19)10-12/h4-7,10-11,20H,3,8-9H2,1-2H3,(H,22,24). The van der Waals surface area contributed by atoms with Gasteiger partial charge < -0.3 is 15.5 Å². The molecule has 0 aliphatic carbocycles. The highest BCUT2D eigenvalue weighted by atomic mass is 35.5. The summed E-state index contributed by atoms with van der Waals surface area (Å²) in [6.45, 7) is 1.87. The average Bonchev–Trinajstić information content (AvgIpc) is 2.55. The Morgan fingerprint density at radius 1 is 1.12 bits per heavy atom. The summed E-state index contributed by atoms with van der Waals surface area (Å²) in [5.74, 6) is -0.299. The molecule has 2 aromatic rings. The van der Waals surface area contributed by atoms with Crippen LogP contribution in [0.25, 0.3) is 0 Å². The summed E-state index contributed by atoms with van der Waals surface area (Å²) in [7, 11) is 4.09. The van der Waals surface area contributed by atoms with Gasteiger partial charge in [0.1, 0.15) is 5.69 Å². The van der Waals surface area contributed by atoms with Crippen LogP contribution >= 0.6 is 23.2 Å². The molecule has 0 atom stereocenters. The first-order valence-electron chi connectivity index (χ1n) is 7.57. The number of hydrogen-bond donors (Lipinski definition) is 2. The predicted molar refractivity (Wildman–Crippen MR) is 100 cm³/mol. The van der Waals surface area contributed by atoms with Crippen LogP contribution in [0.1, 0.15) is 16.9 Å². The first-order valence-corrected chi connectivity index (χ1v) is 8.32. The molecule has 0 unspecified atom stereocenters. The van der Waals surface area contributed by atoms with Crippen LogP contribution in [-0.2, 0) is 0 Å². The number of rotatable bonds is 7. The van der Waals surface area contributed by atoms with Crippen LogP contribution in [-0.4, -0.2) is 43.0 Å². The molecule has 1 heterocycles. The lowest BCUT2D eigenvalue weighted by Gasteiger charge is -2.11. The van der Waals surface area contributed by atoms with E-state index in [0.717, 1.165) is 25.2 Å². The molecule has 0 spiro atoms. The van der Waals surface area contributed by atoms with E-state index in [-0.39, 0.29) is 5.91 Å². The van der Waals surface area contributed by atoms with E-state index in [2.05, 4.69) is 20.5 Å². The Morgan fingerprint density at radius 2 is 1.88 bits per heavy atom. The Labute approximate surface area is 152 Å². The van der Waals surface area contributed by atoms with E-state index in [4.69, 9.17) is 23.2 Å². The highest BCUT2D eigenvalue weighted by Gasteiger charge is 2.09. The smallest absolute Gasteiger partial charge is 0.274 e. The number of nitrogens with one attached hydrogen (secondary N) is 2. The molecule has 24 heavy (non-hydrogen) atoms. The molecular weight excluding hydrogens is 347 g/mol. The van der Waals surface area contributed by atoms with Crippen molar-refractivity contribution in [1.82, 2.24) is 9.88 Å². The molecule has 1 aromatic heterocycles. The number of pyridine rings is 1. The van der Waals surface area contributed by atoms with Crippen LogP contribution in [0.2, 0.25) is 10.0 Å². The first kappa shape index (κ1) is 18.5. The molecule has 0 saturated heterocycles. The molecule has 0 bridgehead atoms. The summed E-state index contributed by atoms with van der Waals surface area (Å²) < 4.78 is 0. The number of carbonyl (C=O) groups excluding carboxylic acids is 1. The van der Waals surface area contributed by atoms with Crippen LogP contribution in [0, 0.1) is 0 Å². The number of hydrogen-bond acceptors (Lipinski definition) is 4. The highest BCUT2D eigenvalue weighted by Crippen LogP contribution is 2.25. The van der Waals surface area contributed by atoms with Gasteiger partial charge in [-0.2, -0.15) is 0 Å². The van der Waals surface area contributed by atoms with Gasteiger partial charge in [0.2, 0.25) is 0 Å². The van der Waals surface area contributed by atoms with E-state index in [1.165, 1.54) is 0 Å². The highest BCUT2D eigenvalue weighted by molar-refractivity contribution is 6.42. The van der Waals surface area contributed by atoms with Gasteiger partial charge in [-0.1, -0.05) is 23.2 Å². The van der Waals surface area contributed by atoms with Crippen molar-refractivity contribution in [3.63, 3.8) is 0 Å². The van der Waals surface area contributed by atoms with E-state index in [1.54, 1.807) is 30.5 Å². The zero-order chi connectivity index (χ0) is 17.5. The monoisotopic (exact) mass is 366 g/mol. The van der Waals surface area contributed by atoms with E-state index in [9.17, 15) is 4.79 Å². The van der Waals surface area contributed by atoms with Crippen molar-refractivity contribution >= 4 is 40.5 Å². The van der Waals surface area contributed by atoms with Crippen molar-refractivity contribution in [1.29, 1.82) is 0 Å². The van der Waals surface area contributed by atoms with Crippen LogP contribution in [0.15, 0.2) is 36.5 Å². The Balaban J connectivity index is 1.89. The van der Waals surface area contributed by atoms with Crippen LogP contribution in [0.3, 0.4) is 0 Å². The summed E-state index contributed by atoms with van der Waals surface area (Å²) >= 11 is 11.8. The SMILES string of the molecule is CN(C)CCCNc1ccc(C(=O)Nc2ccc(Cl)c(Cl)c2)nc1. The van der Waals surface area contributed by atoms with Crippen LogP contribution in [0.5, 0.6) is 0 Å². The van der Waals surface area contributed by atoms with E-state index >= 15 is 0 Å². The average molecular weight is 367 g/mol. The largest absolute Gasteiger partial charge is 0.384 e. The van der Waals surface area contributed by atoms with Crippen molar-refractivity contribution < 1.29 is 4.79 Å². The predicted octanol–water partition coefficient (Wildman–Crippen LogP) is 4.00. The van der Waals surface area contributed by atoms with E-state index in [0.29, 0.717) is 21.4 Å². The molecule has 1 amide bonds. The minimum Gasteiger partial charge on any atom is -0.384 e. The second-order valence-corrected chi connectivity index (χ2v) is 6.41. The van der Waals surface area contributed by atoms with Gasteiger partial charge in [0.25, 0.3) is 5.91 Å². The Bertz CT molecular complexity index is 689. The molecule has 0 aliphatic rings. The third-order valence-corrected chi connectivity index (χ3v) is 4.02. The second kappa shape index (κ2) is 8.87. The fraction of sp³-hybridized carbons (Fsp3) is 0.294. The first-order chi connectivity index (χ1) is 11.5. The van der Waals surface area contributed by atoms with Gasteiger partial charge in [-0.05, 0) is 57.4 Å². The lowest BCUT2D eigenvalue weighted by Crippen LogP contribution is -2.16. The molecular formula is C17H20Cl2N4O. The van der Waals surface area contributed by atoms with Crippen LogP contribution in [0.4, 0.5) is 11.4 Å². The summed E-state index contributed by atoms with van der Waals surface area (Å²) in [6, 6.07) is 8.44. The number of anilines is 2. The fourth-order valence-corrected chi connectivity index (χ4v) is 2.33. The van der Waals surface area contributed by atoms with Gasteiger partial charge >= 0.3 is 0 Å². The Kier molecular flexibility index (Phi) is 6.85. The topological polar surface area (TPSA) is 57.3 Å². The van der Waals surface area contributed by atoms with Gasteiger partial charge in [0.05, 0.1) is 21.9 Å². The van der Waals surface area contributed by atoms with Gasteiger partial charge in [-0.3, -0.25) is 4.79 Å². The molecule has 0 aliphatic heterocycles. The number of amides is 1. The zero-order valence-corrected chi connectivity index (χ0v) is 15.2. The number of aromatic nitrogens is 1. The number of halogens is 2. The normalized spacial score (nSPS) is 10.7. The maximum atomic E-state index is 12.2. The van der Waals surface area contributed by atoms with Crippen molar-refractivity contribution in [2.24, 2.45) is 0 Å². The lowest BCUT2D eigenvalue weighted by atomic mass is 10.2. The van der Waals surface area contributed by atoms with E-state index < -0.39 is 0 Å². The molecule has 128 valence electrons. The summed E-state index contributed by atoms with van der Waals surface area (Å²) in [6.07, 6.45) is 2.69. The molecule has 2 N–H and O–H groups in total. The van der Waals surface area contributed by atoms with Crippen molar-refractivity contribution in [2.45, 2.75) is 6.42 Å². The number of nitrogens with zero attached hydrogens (tertiary/aromatic N) is 2. The molecule has 0 saturated carbocycles. The van der Waals surface area contributed by atoms with Gasteiger partial charge in [-0.15, -0.1) is 0 Å².